The van der Waals surface area contributed by atoms with Crippen molar-refractivity contribution in [2.45, 2.75) is 26.4 Å². The van der Waals surface area contributed by atoms with Crippen molar-refractivity contribution in [3.05, 3.63) is 95.3 Å². The van der Waals surface area contributed by atoms with E-state index in [0.717, 1.165) is 44.0 Å². The zero-order chi connectivity index (χ0) is 23.9. The van der Waals surface area contributed by atoms with Gasteiger partial charge in [0.2, 0.25) is 0 Å². The highest BCUT2D eigenvalue weighted by molar-refractivity contribution is 5.94. The Balaban J connectivity index is 1.53. The Morgan fingerprint density at radius 3 is 2.32 bits per heavy atom. The van der Waals surface area contributed by atoms with E-state index in [9.17, 15) is 4.79 Å². The van der Waals surface area contributed by atoms with Crippen LogP contribution in [0.15, 0.2) is 73.1 Å². The van der Waals surface area contributed by atoms with Crippen LogP contribution in [0.25, 0.3) is 0 Å². The molecular formula is C28H35N5O. The van der Waals surface area contributed by atoms with Gasteiger partial charge in [-0.25, -0.2) is 0 Å². The molecule has 1 saturated heterocycles. The standard InChI is InChI=1S/C28H35N5O/c1-3-32(4-2)28(34)24-12-10-23(11-13-24)27(25-8-5-9-26(29)19-25)33-17-15-31(16-18-33)21-22-7-6-14-30-20-22/h5-14,19-20,27H,3-4,15-18,21,29H2,1-2H3/t27-/m0/s1. The Kier molecular flexibility index (Phi) is 7.93. The number of hydrogen-bond donors (Lipinski definition) is 1. The number of nitrogen functional groups attached to an aromatic ring is 1. The van der Waals surface area contributed by atoms with Crippen LogP contribution in [0.5, 0.6) is 0 Å². The van der Waals surface area contributed by atoms with Gasteiger partial charge in [0.25, 0.3) is 5.91 Å². The average molecular weight is 458 g/mol. The SMILES string of the molecule is CCN(CC)C(=O)c1ccc([C@@H](c2cccc(N)c2)N2CCN(Cc3cccnc3)CC2)cc1. The molecule has 0 bridgehead atoms. The first-order valence-electron chi connectivity index (χ1n) is 12.2. The number of carbonyl (C=O) groups excluding carboxylic acids is 1. The fourth-order valence-corrected chi connectivity index (χ4v) is 4.77. The fourth-order valence-electron chi connectivity index (χ4n) is 4.77. The molecule has 1 amide bonds. The molecule has 2 N–H and O–H groups in total. The molecular weight excluding hydrogens is 422 g/mol. The Hall–Kier alpha value is -3.22. The summed E-state index contributed by atoms with van der Waals surface area (Å²) in [7, 11) is 0. The van der Waals surface area contributed by atoms with Crippen molar-refractivity contribution in [1.82, 2.24) is 19.7 Å². The first-order valence-corrected chi connectivity index (χ1v) is 12.2. The summed E-state index contributed by atoms with van der Waals surface area (Å²) in [6.45, 7) is 10.3. The van der Waals surface area contributed by atoms with Crippen LogP contribution < -0.4 is 5.73 Å². The van der Waals surface area contributed by atoms with E-state index in [1.54, 1.807) is 0 Å². The highest BCUT2D eigenvalue weighted by Crippen LogP contribution is 2.31. The van der Waals surface area contributed by atoms with E-state index in [-0.39, 0.29) is 11.9 Å². The smallest absolute Gasteiger partial charge is 0.253 e. The zero-order valence-corrected chi connectivity index (χ0v) is 20.2. The van der Waals surface area contributed by atoms with Crippen molar-refractivity contribution in [3.63, 3.8) is 0 Å². The number of hydrogen-bond acceptors (Lipinski definition) is 5. The fraction of sp³-hybridized carbons (Fsp3) is 0.357. The largest absolute Gasteiger partial charge is 0.399 e. The number of amides is 1. The van der Waals surface area contributed by atoms with Gasteiger partial charge in [-0.15, -0.1) is 0 Å². The van der Waals surface area contributed by atoms with E-state index in [2.05, 4.69) is 45.1 Å². The van der Waals surface area contributed by atoms with Crippen molar-refractivity contribution in [2.24, 2.45) is 0 Å². The van der Waals surface area contributed by atoms with E-state index in [1.165, 1.54) is 16.7 Å². The summed E-state index contributed by atoms with van der Waals surface area (Å²) < 4.78 is 0. The van der Waals surface area contributed by atoms with Gasteiger partial charge in [-0.1, -0.05) is 30.3 Å². The topological polar surface area (TPSA) is 65.7 Å². The maximum absolute atomic E-state index is 12.8. The zero-order valence-electron chi connectivity index (χ0n) is 20.2. The van der Waals surface area contributed by atoms with E-state index >= 15 is 0 Å². The minimum Gasteiger partial charge on any atom is -0.399 e. The van der Waals surface area contributed by atoms with Crippen LogP contribution in [0, 0.1) is 0 Å². The normalized spacial score (nSPS) is 15.7. The highest BCUT2D eigenvalue weighted by atomic mass is 16.2. The molecule has 3 aromatic rings. The van der Waals surface area contributed by atoms with Gasteiger partial charge in [0.1, 0.15) is 0 Å². The Labute approximate surface area is 203 Å². The summed E-state index contributed by atoms with van der Waals surface area (Å²) in [5, 5.41) is 0. The molecule has 1 aliphatic heterocycles. The number of anilines is 1. The van der Waals surface area contributed by atoms with Crippen LogP contribution in [0.2, 0.25) is 0 Å². The highest BCUT2D eigenvalue weighted by Gasteiger charge is 2.27. The maximum atomic E-state index is 12.8. The summed E-state index contributed by atoms with van der Waals surface area (Å²) in [5.41, 5.74) is 11.3. The third kappa shape index (κ3) is 5.64. The Morgan fingerprint density at radius 2 is 1.71 bits per heavy atom. The molecule has 178 valence electrons. The number of nitrogens with zero attached hydrogens (tertiary/aromatic N) is 4. The molecule has 2 aromatic carbocycles. The van der Waals surface area contributed by atoms with Crippen molar-refractivity contribution in [3.8, 4) is 0 Å². The third-order valence-corrected chi connectivity index (χ3v) is 6.65. The second-order valence-electron chi connectivity index (χ2n) is 8.85. The first-order chi connectivity index (χ1) is 16.6. The van der Waals surface area contributed by atoms with Crippen molar-refractivity contribution < 1.29 is 4.79 Å². The molecule has 34 heavy (non-hydrogen) atoms. The predicted octanol–water partition coefficient (Wildman–Crippen LogP) is 4.05. The van der Waals surface area contributed by atoms with Gasteiger partial charge in [0.05, 0.1) is 6.04 Å². The molecule has 0 unspecified atom stereocenters. The molecule has 0 radical (unpaired) electrons. The van der Waals surface area contributed by atoms with Gasteiger partial charge >= 0.3 is 0 Å². The first kappa shape index (κ1) is 23.9. The van der Waals surface area contributed by atoms with Crippen LogP contribution in [-0.2, 0) is 6.54 Å². The summed E-state index contributed by atoms with van der Waals surface area (Å²) in [6.07, 6.45) is 3.77. The molecule has 4 rings (SSSR count). The monoisotopic (exact) mass is 457 g/mol. The minimum absolute atomic E-state index is 0.0843. The van der Waals surface area contributed by atoms with Crippen LogP contribution >= 0.6 is 0 Å². The summed E-state index contributed by atoms with van der Waals surface area (Å²) in [5.74, 6) is 0.0843. The van der Waals surface area contributed by atoms with E-state index < -0.39 is 0 Å². The van der Waals surface area contributed by atoms with Gasteiger partial charge in [-0.05, 0) is 60.9 Å². The maximum Gasteiger partial charge on any atom is 0.253 e. The van der Waals surface area contributed by atoms with Gasteiger partial charge in [-0.3, -0.25) is 19.6 Å². The van der Waals surface area contributed by atoms with Crippen molar-refractivity contribution in [1.29, 1.82) is 0 Å². The molecule has 0 spiro atoms. The molecule has 0 aliphatic carbocycles. The molecule has 1 atom stereocenters. The molecule has 0 saturated carbocycles. The number of nitrogens with two attached hydrogens (primary N) is 1. The summed E-state index contributed by atoms with van der Waals surface area (Å²) >= 11 is 0. The molecule has 1 aliphatic rings. The molecule has 1 fully saturated rings. The van der Waals surface area contributed by atoms with Crippen molar-refractivity contribution in [2.75, 3.05) is 45.0 Å². The summed E-state index contributed by atoms with van der Waals surface area (Å²) in [6, 6.07) is 20.5. The van der Waals surface area contributed by atoms with Gasteiger partial charge in [0.15, 0.2) is 0 Å². The molecule has 1 aromatic heterocycles. The Bertz CT molecular complexity index is 1060. The number of pyridine rings is 1. The van der Waals surface area contributed by atoms with Crippen LogP contribution in [0.4, 0.5) is 5.69 Å². The second-order valence-corrected chi connectivity index (χ2v) is 8.85. The van der Waals surface area contributed by atoms with E-state index in [4.69, 9.17) is 5.73 Å². The Morgan fingerprint density at radius 1 is 0.971 bits per heavy atom. The van der Waals surface area contributed by atoms with Gasteiger partial charge < -0.3 is 10.6 Å². The average Bonchev–Trinajstić information content (AvgIpc) is 2.87. The lowest BCUT2D eigenvalue weighted by Crippen LogP contribution is -2.47. The number of carbonyl (C=O) groups is 1. The number of rotatable bonds is 8. The number of aromatic nitrogens is 1. The van der Waals surface area contributed by atoms with Crippen LogP contribution in [-0.4, -0.2) is 64.9 Å². The lowest BCUT2D eigenvalue weighted by Gasteiger charge is -2.40. The van der Waals surface area contributed by atoms with E-state index in [0.29, 0.717) is 13.1 Å². The molecule has 6 nitrogen and oxygen atoms in total. The molecule has 2 heterocycles. The lowest BCUT2D eigenvalue weighted by molar-refractivity contribution is 0.0773. The van der Waals surface area contributed by atoms with Crippen molar-refractivity contribution >= 4 is 11.6 Å². The van der Waals surface area contributed by atoms with Gasteiger partial charge in [0, 0.05) is 69.5 Å². The quantitative estimate of drug-likeness (QED) is 0.517. The van der Waals surface area contributed by atoms with Gasteiger partial charge in [-0.2, -0.15) is 0 Å². The third-order valence-electron chi connectivity index (χ3n) is 6.65. The molecule has 6 heteroatoms. The second kappa shape index (κ2) is 11.3. The van der Waals surface area contributed by atoms with Crippen LogP contribution in [0.3, 0.4) is 0 Å². The van der Waals surface area contributed by atoms with Crippen LogP contribution in [0.1, 0.15) is 46.9 Å². The lowest BCUT2D eigenvalue weighted by atomic mass is 9.95. The minimum atomic E-state index is 0.0843. The number of piperazine rings is 1. The van der Waals surface area contributed by atoms with E-state index in [1.807, 2.05) is 61.5 Å². The predicted molar refractivity (Wildman–Crippen MR) is 137 cm³/mol. The summed E-state index contributed by atoms with van der Waals surface area (Å²) in [4.78, 5) is 23.9. The number of benzene rings is 2.